The van der Waals surface area contributed by atoms with Crippen LogP contribution in [0.3, 0.4) is 0 Å². The van der Waals surface area contributed by atoms with E-state index in [9.17, 15) is 23.5 Å². The van der Waals surface area contributed by atoms with Gasteiger partial charge in [0, 0.05) is 16.5 Å². The van der Waals surface area contributed by atoms with Crippen molar-refractivity contribution in [3.63, 3.8) is 0 Å². The van der Waals surface area contributed by atoms with Gasteiger partial charge in [0.2, 0.25) is 11.8 Å². The lowest BCUT2D eigenvalue weighted by Gasteiger charge is -2.59. The molecule has 4 aliphatic carbocycles. The topological polar surface area (TPSA) is 136 Å². The molecule has 35 heavy (non-hydrogen) atoms. The van der Waals surface area contributed by atoms with Crippen LogP contribution in [0, 0.1) is 23.2 Å². The number of halogens is 3. The van der Waals surface area contributed by atoms with Crippen LogP contribution in [0.25, 0.3) is 0 Å². The molecule has 5 fully saturated rings. The van der Waals surface area contributed by atoms with E-state index in [-0.39, 0.29) is 63.4 Å². The van der Waals surface area contributed by atoms with Crippen molar-refractivity contribution in [2.45, 2.75) is 38.1 Å². The Balaban J connectivity index is 1.32. The molecule has 13 heteroatoms. The Kier molecular flexibility index (Phi) is 6.48. The Morgan fingerprint density at radius 3 is 2.26 bits per heavy atom. The zero-order chi connectivity index (χ0) is 25.3. The zero-order valence-corrected chi connectivity index (χ0v) is 21.8. The molecule has 0 aromatic heterocycles. The van der Waals surface area contributed by atoms with Crippen LogP contribution >= 0.6 is 45.8 Å². The standard InChI is InChI=1S/C22H27Cl3N4O5S/c23-14-3-16(24)20(17(25)4-14)29-9-15(30)8-28(35(29,33)34)10-18(31)27-19-12-1-11-2-13(19)7-22(5-11,6-12)21(26)32/h3-4,11-13,19,33-34H,1-2,5-10H2,(H2,26,32)(H,27,31). The molecule has 0 radical (unpaired) electrons. The molecule has 1 aromatic rings. The Labute approximate surface area is 219 Å². The summed E-state index contributed by atoms with van der Waals surface area (Å²) >= 11 is 18.5. The van der Waals surface area contributed by atoms with Gasteiger partial charge in [-0.05, 0) is 73.0 Å². The zero-order valence-electron chi connectivity index (χ0n) is 18.8. The van der Waals surface area contributed by atoms with Gasteiger partial charge in [-0.25, -0.2) is 4.31 Å². The summed E-state index contributed by atoms with van der Waals surface area (Å²) in [6.45, 7) is -1.03. The van der Waals surface area contributed by atoms with Crippen LogP contribution < -0.4 is 15.4 Å². The van der Waals surface area contributed by atoms with E-state index in [2.05, 4.69) is 5.32 Å². The normalized spacial score (nSPS) is 34.7. The van der Waals surface area contributed by atoms with Gasteiger partial charge in [0.1, 0.15) is 6.54 Å². The highest BCUT2D eigenvalue weighted by molar-refractivity contribution is 8.23. The molecular weight excluding hydrogens is 539 g/mol. The number of rotatable bonds is 5. The average Bonchev–Trinajstić information content (AvgIpc) is 2.73. The van der Waals surface area contributed by atoms with Crippen molar-refractivity contribution in [2.75, 3.05) is 23.9 Å². The number of benzene rings is 1. The molecule has 6 rings (SSSR count). The van der Waals surface area contributed by atoms with Crippen molar-refractivity contribution in [1.82, 2.24) is 9.62 Å². The highest BCUT2D eigenvalue weighted by atomic mass is 35.5. The van der Waals surface area contributed by atoms with Crippen LogP contribution in [-0.2, 0) is 14.4 Å². The molecule has 2 amide bonds. The van der Waals surface area contributed by atoms with Gasteiger partial charge in [-0.15, -0.1) is 0 Å². The smallest absolute Gasteiger partial charge is 0.236 e. The van der Waals surface area contributed by atoms with Crippen LogP contribution in [0.5, 0.6) is 0 Å². The van der Waals surface area contributed by atoms with Crippen LogP contribution in [0.4, 0.5) is 5.69 Å². The number of nitrogens with zero attached hydrogens (tertiary/aromatic N) is 2. The van der Waals surface area contributed by atoms with Crippen molar-refractivity contribution in [1.29, 1.82) is 0 Å². The minimum Gasteiger partial charge on any atom is -0.369 e. The first-order chi connectivity index (χ1) is 16.4. The van der Waals surface area contributed by atoms with E-state index in [1.165, 1.54) is 12.1 Å². The Bertz CT molecular complexity index is 1070. The lowest BCUT2D eigenvalue weighted by atomic mass is 9.47. The van der Waals surface area contributed by atoms with E-state index in [1.54, 1.807) is 0 Å². The molecule has 1 saturated heterocycles. The predicted octanol–water partition coefficient (Wildman–Crippen LogP) is 3.71. The van der Waals surface area contributed by atoms with Gasteiger partial charge in [0.05, 0.1) is 28.8 Å². The summed E-state index contributed by atoms with van der Waals surface area (Å²) in [6, 6.07) is 2.67. The van der Waals surface area contributed by atoms with Gasteiger partial charge in [0.25, 0.3) is 0 Å². The molecule has 0 spiro atoms. The van der Waals surface area contributed by atoms with Gasteiger partial charge >= 0.3 is 0 Å². The molecule has 4 saturated carbocycles. The summed E-state index contributed by atoms with van der Waals surface area (Å²) in [5, 5.41) is 3.43. The number of hydrogen-bond acceptors (Lipinski definition) is 7. The van der Waals surface area contributed by atoms with E-state index in [4.69, 9.17) is 40.5 Å². The molecule has 4 bridgehead atoms. The molecule has 1 heterocycles. The molecule has 1 aromatic carbocycles. The minimum atomic E-state index is -3.77. The number of hydrogen-bond donors (Lipinski definition) is 4. The van der Waals surface area contributed by atoms with Gasteiger partial charge < -0.3 is 11.1 Å². The maximum atomic E-state index is 13.1. The van der Waals surface area contributed by atoms with E-state index in [1.807, 2.05) is 0 Å². The third kappa shape index (κ3) is 4.41. The summed E-state index contributed by atoms with van der Waals surface area (Å²) in [5.74, 6) is -0.236. The van der Waals surface area contributed by atoms with Crippen molar-refractivity contribution in [3.05, 3.63) is 27.2 Å². The number of primary amides is 1. The summed E-state index contributed by atoms with van der Waals surface area (Å²) in [4.78, 5) is 37.8. The van der Waals surface area contributed by atoms with Gasteiger partial charge in [0.15, 0.2) is 5.78 Å². The van der Waals surface area contributed by atoms with E-state index in [0.717, 1.165) is 27.9 Å². The number of Topliss-reactive ketones (excluding diaryl/α,β-unsaturated/α-hetero) is 1. The molecule has 192 valence electrons. The Morgan fingerprint density at radius 1 is 1.09 bits per heavy atom. The van der Waals surface area contributed by atoms with Crippen LogP contribution in [-0.4, -0.2) is 56.7 Å². The number of nitrogens with two attached hydrogens (primary N) is 1. The molecular formula is C22H27Cl3N4O5S. The molecule has 5 aliphatic rings. The summed E-state index contributed by atoms with van der Waals surface area (Å²) in [7, 11) is -3.77. The van der Waals surface area contributed by atoms with Gasteiger partial charge in [-0.1, -0.05) is 34.8 Å². The number of nitrogens with one attached hydrogen (secondary N) is 1. The largest absolute Gasteiger partial charge is 0.369 e. The second-order valence-corrected chi connectivity index (χ2v) is 13.5. The minimum absolute atomic E-state index is 0.0542. The molecule has 2 atom stereocenters. The van der Waals surface area contributed by atoms with Gasteiger partial charge in [-0.2, -0.15) is 4.31 Å². The number of anilines is 1. The summed E-state index contributed by atoms with van der Waals surface area (Å²) < 4.78 is 24.3. The maximum absolute atomic E-state index is 13.1. The third-order valence-corrected chi connectivity index (χ3v) is 10.6. The summed E-state index contributed by atoms with van der Waals surface area (Å²) in [5.41, 5.74) is 5.34. The second-order valence-electron chi connectivity index (χ2n) is 10.3. The fourth-order valence-corrected chi connectivity index (χ4v) is 9.56. The fourth-order valence-electron chi connectivity index (χ4n) is 6.79. The number of carbonyl (C=O) groups is 3. The van der Waals surface area contributed by atoms with E-state index < -0.39 is 28.8 Å². The first kappa shape index (κ1) is 25.4. The van der Waals surface area contributed by atoms with E-state index >= 15 is 0 Å². The SMILES string of the molecule is NC(=O)C12CC3CC(C1)C(NC(=O)CN1CC(=O)CN(c4c(Cl)cc(Cl)cc4Cl)S1(O)O)C(C3)C2. The van der Waals surface area contributed by atoms with Crippen molar-refractivity contribution in [3.8, 4) is 0 Å². The summed E-state index contributed by atoms with van der Waals surface area (Å²) in [6.07, 6.45) is 4.04. The monoisotopic (exact) mass is 564 g/mol. The highest BCUT2D eigenvalue weighted by Gasteiger charge is 2.58. The Hall–Kier alpha value is -1.27. The van der Waals surface area contributed by atoms with Crippen molar-refractivity contribution >= 4 is 69.0 Å². The number of amides is 2. The second kappa shape index (κ2) is 8.93. The third-order valence-electron chi connectivity index (χ3n) is 7.99. The van der Waals surface area contributed by atoms with Crippen molar-refractivity contribution < 1.29 is 23.5 Å². The average molecular weight is 566 g/mol. The van der Waals surface area contributed by atoms with Crippen LogP contribution in [0.15, 0.2) is 12.1 Å². The quantitative estimate of drug-likeness (QED) is 0.427. The Morgan fingerprint density at radius 2 is 1.69 bits per heavy atom. The fraction of sp³-hybridized carbons (Fsp3) is 0.591. The van der Waals surface area contributed by atoms with Gasteiger partial charge in [-0.3, -0.25) is 23.5 Å². The highest BCUT2D eigenvalue weighted by Crippen LogP contribution is 2.60. The van der Waals surface area contributed by atoms with Crippen LogP contribution in [0.1, 0.15) is 32.1 Å². The van der Waals surface area contributed by atoms with Crippen molar-refractivity contribution in [2.24, 2.45) is 28.9 Å². The molecule has 2 unspecified atom stereocenters. The molecule has 9 nitrogen and oxygen atoms in total. The predicted molar refractivity (Wildman–Crippen MR) is 135 cm³/mol. The number of carbonyl (C=O) groups excluding carboxylic acids is 3. The lowest BCUT2D eigenvalue weighted by Crippen LogP contribution is -2.63. The first-order valence-corrected chi connectivity index (χ1v) is 14.1. The molecule has 5 N–H and O–H groups in total. The van der Waals surface area contributed by atoms with Crippen LogP contribution in [0.2, 0.25) is 15.1 Å². The molecule has 1 aliphatic heterocycles. The number of ketones is 1. The van der Waals surface area contributed by atoms with E-state index in [0.29, 0.717) is 18.8 Å². The first-order valence-electron chi connectivity index (χ1n) is 11.5. The maximum Gasteiger partial charge on any atom is 0.236 e. The lowest BCUT2D eigenvalue weighted by molar-refractivity contribution is -0.147.